The first-order chi connectivity index (χ1) is 12.7. The molecule has 128 valence electrons. The van der Waals surface area contributed by atoms with Crippen LogP contribution in [0.3, 0.4) is 0 Å². The largest absolute Gasteiger partial charge is 0.478 e. The van der Waals surface area contributed by atoms with Crippen LogP contribution < -0.4 is 4.74 Å². The number of aliphatic carboxylic acids is 1. The summed E-state index contributed by atoms with van der Waals surface area (Å²) in [6.45, 7) is 0. The molecule has 0 bridgehead atoms. The van der Waals surface area contributed by atoms with Crippen LogP contribution in [0.4, 0.5) is 0 Å². The maximum absolute atomic E-state index is 11.7. The molecule has 0 radical (unpaired) electrons. The van der Waals surface area contributed by atoms with Gasteiger partial charge in [-0.1, -0.05) is 54.6 Å². The molecule has 3 aromatic carbocycles. The molecule has 0 aliphatic rings. The van der Waals surface area contributed by atoms with Gasteiger partial charge in [0.15, 0.2) is 5.58 Å². The van der Waals surface area contributed by atoms with Gasteiger partial charge in [-0.2, -0.15) is 0 Å². The number of ether oxygens (including phenoxy) is 1. The summed E-state index contributed by atoms with van der Waals surface area (Å²) >= 11 is 0. The summed E-state index contributed by atoms with van der Waals surface area (Å²) in [6.07, 6.45) is -1.12. The molecule has 0 fully saturated rings. The second kappa shape index (κ2) is 6.72. The van der Waals surface area contributed by atoms with Crippen LogP contribution in [0.25, 0.3) is 22.6 Å². The smallest absolute Gasteiger partial charge is 0.349 e. The Balaban J connectivity index is 1.74. The molecule has 1 N–H and O–H groups in total. The molecule has 0 aliphatic carbocycles. The van der Waals surface area contributed by atoms with Crippen molar-refractivity contribution in [3.8, 4) is 17.2 Å². The fourth-order valence-electron chi connectivity index (χ4n) is 2.75. The van der Waals surface area contributed by atoms with Crippen LogP contribution >= 0.6 is 0 Å². The lowest BCUT2D eigenvalue weighted by atomic mass is 10.1. The van der Waals surface area contributed by atoms with Crippen LogP contribution in [0.1, 0.15) is 11.7 Å². The third kappa shape index (κ3) is 3.02. The molecule has 0 saturated carbocycles. The maximum Gasteiger partial charge on any atom is 0.349 e. The molecule has 1 atom stereocenters. The number of hydrogen-bond donors (Lipinski definition) is 1. The van der Waals surface area contributed by atoms with Gasteiger partial charge in [0.1, 0.15) is 11.3 Å². The van der Waals surface area contributed by atoms with E-state index in [4.69, 9.17) is 9.15 Å². The van der Waals surface area contributed by atoms with Gasteiger partial charge in [-0.3, -0.25) is 0 Å². The van der Waals surface area contributed by atoms with E-state index in [0.717, 1.165) is 5.52 Å². The third-order valence-electron chi connectivity index (χ3n) is 3.98. The first-order valence-electron chi connectivity index (χ1n) is 8.12. The van der Waals surface area contributed by atoms with Crippen molar-refractivity contribution in [2.45, 2.75) is 6.10 Å². The predicted molar refractivity (Wildman–Crippen MR) is 96.9 cm³/mol. The Morgan fingerprint density at radius 2 is 1.62 bits per heavy atom. The van der Waals surface area contributed by atoms with Crippen molar-refractivity contribution in [3.63, 3.8) is 0 Å². The summed E-state index contributed by atoms with van der Waals surface area (Å²) in [4.78, 5) is 16.2. The van der Waals surface area contributed by atoms with Crippen LogP contribution in [0.2, 0.25) is 0 Å². The molecule has 1 unspecified atom stereocenters. The van der Waals surface area contributed by atoms with Gasteiger partial charge in [-0.05, 0) is 24.3 Å². The molecule has 4 rings (SSSR count). The Labute approximate surface area is 149 Å². The number of oxazole rings is 1. The SMILES string of the molecule is O=C(O)C(Oc1ccccc1-c1nc2ccccc2o1)c1ccccc1. The summed E-state index contributed by atoms with van der Waals surface area (Å²) < 4.78 is 11.6. The molecule has 1 aromatic heterocycles. The van der Waals surface area contributed by atoms with Crippen molar-refractivity contribution in [3.05, 3.63) is 84.4 Å². The molecular formula is C21H15NO4. The highest BCUT2D eigenvalue weighted by atomic mass is 16.5. The van der Waals surface area contributed by atoms with E-state index in [1.54, 1.807) is 42.5 Å². The number of aromatic nitrogens is 1. The number of hydrogen-bond acceptors (Lipinski definition) is 4. The summed E-state index contributed by atoms with van der Waals surface area (Å²) in [7, 11) is 0. The zero-order valence-corrected chi connectivity index (χ0v) is 13.7. The standard InChI is InChI=1S/C21H15NO4/c23-21(24)19(14-8-2-1-3-9-14)25-17-12-6-4-10-15(17)20-22-16-11-5-7-13-18(16)26-20/h1-13,19H,(H,23,24). The molecule has 4 aromatic rings. The van der Waals surface area contributed by atoms with Gasteiger partial charge in [0.2, 0.25) is 12.0 Å². The number of fused-ring (bicyclic) bond motifs is 1. The van der Waals surface area contributed by atoms with E-state index in [1.807, 2.05) is 36.4 Å². The quantitative estimate of drug-likeness (QED) is 0.567. The Morgan fingerprint density at radius 3 is 2.38 bits per heavy atom. The first-order valence-corrected chi connectivity index (χ1v) is 8.12. The number of carboxylic acids is 1. The fourth-order valence-corrected chi connectivity index (χ4v) is 2.75. The molecule has 0 saturated heterocycles. The van der Waals surface area contributed by atoms with E-state index < -0.39 is 12.1 Å². The lowest BCUT2D eigenvalue weighted by Gasteiger charge is -2.17. The van der Waals surface area contributed by atoms with Gasteiger partial charge in [0.05, 0.1) is 5.56 Å². The lowest BCUT2D eigenvalue weighted by Crippen LogP contribution is -2.18. The van der Waals surface area contributed by atoms with E-state index in [2.05, 4.69) is 4.98 Å². The van der Waals surface area contributed by atoms with E-state index >= 15 is 0 Å². The average Bonchev–Trinajstić information content (AvgIpc) is 3.11. The molecule has 0 amide bonds. The van der Waals surface area contributed by atoms with Crippen LogP contribution in [-0.2, 0) is 4.79 Å². The zero-order valence-electron chi connectivity index (χ0n) is 13.7. The second-order valence-electron chi connectivity index (χ2n) is 5.73. The van der Waals surface area contributed by atoms with Crippen molar-refractivity contribution < 1.29 is 19.1 Å². The topological polar surface area (TPSA) is 72.6 Å². The minimum atomic E-state index is -1.12. The highest BCUT2D eigenvalue weighted by Crippen LogP contribution is 2.34. The van der Waals surface area contributed by atoms with E-state index in [1.165, 1.54) is 0 Å². The summed E-state index contributed by atoms with van der Waals surface area (Å²) in [5, 5.41) is 9.60. The van der Waals surface area contributed by atoms with Gasteiger partial charge in [-0.25, -0.2) is 9.78 Å². The average molecular weight is 345 g/mol. The Bertz CT molecular complexity index is 1020. The minimum absolute atomic E-state index is 0.388. The molecule has 5 nitrogen and oxygen atoms in total. The Kier molecular flexibility index (Phi) is 4.11. The van der Waals surface area contributed by atoms with Gasteiger partial charge >= 0.3 is 5.97 Å². The number of benzene rings is 3. The Morgan fingerprint density at radius 1 is 0.923 bits per heavy atom. The number of carbonyl (C=O) groups is 1. The van der Waals surface area contributed by atoms with Crippen LogP contribution in [0, 0.1) is 0 Å². The molecule has 0 aliphatic heterocycles. The number of para-hydroxylation sites is 3. The van der Waals surface area contributed by atoms with Crippen molar-refractivity contribution in [2.24, 2.45) is 0 Å². The maximum atomic E-state index is 11.7. The van der Waals surface area contributed by atoms with Gasteiger partial charge in [-0.15, -0.1) is 0 Å². The van der Waals surface area contributed by atoms with Crippen molar-refractivity contribution >= 4 is 17.1 Å². The first kappa shape index (κ1) is 15.9. The molecule has 26 heavy (non-hydrogen) atoms. The van der Waals surface area contributed by atoms with Crippen LogP contribution in [0.5, 0.6) is 5.75 Å². The molecular weight excluding hydrogens is 330 g/mol. The van der Waals surface area contributed by atoms with Gasteiger partial charge < -0.3 is 14.3 Å². The summed E-state index contributed by atoms with van der Waals surface area (Å²) in [5.41, 5.74) is 2.56. The number of nitrogens with zero attached hydrogens (tertiary/aromatic N) is 1. The number of carboxylic acid groups (broad SMARTS) is 1. The Hall–Kier alpha value is -3.60. The van der Waals surface area contributed by atoms with Crippen molar-refractivity contribution in [1.82, 2.24) is 4.98 Å². The zero-order chi connectivity index (χ0) is 17.9. The summed E-state index contributed by atoms with van der Waals surface area (Å²) in [5.74, 6) is -0.280. The molecule has 1 heterocycles. The van der Waals surface area contributed by atoms with Crippen LogP contribution in [0.15, 0.2) is 83.3 Å². The highest BCUT2D eigenvalue weighted by molar-refractivity contribution is 5.78. The van der Waals surface area contributed by atoms with Crippen LogP contribution in [-0.4, -0.2) is 16.1 Å². The van der Waals surface area contributed by atoms with Gasteiger partial charge in [0.25, 0.3) is 0 Å². The number of rotatable bonds is 5. The van der Waals surface area contributed by atoms with E-state index in [9.17, 15) is 9.90 Å². The predicted octanol–water partition coefficient (Wildman–Crippen LogP) is 4.70. The van der Waals surface area contributed by atoms with Gasteiger partial charge in [0, 0.05) is 5.56 Å². The van der Waals surface area contributed by atoms with Crippen molar-refractivity contribution in [2.75, 3.05) is 0 Å². The summed E-state index contributed by atoms with van der Waals surface area (Å²) in [6, 6.07) is 23.4. The minimum Gasteiger partial charge on any atom is -0.478 e. The van der Waals surface area contributed by atoms with E-state index in [-0.39, 0.29) is 0 Å². The lowest BCUT2D eigenvalue weighted by molar-refractivity contribution is -0.145. The monoisotopic (exact) mass is 345 g/mol. The normalized spacial score (nSPS) is 12.0. The van der Waals surface area contributed by atoms with E-state index in [0.29, 0.717) is 28.4 Å². The third-order valence-corrected chi connectivity index (χ3v) is 3.98. The fraction of sp³-hybridized carbons (Fsp3) is 0.0476. The molecule has 5 heteroatoms. The highest BCUT2D eigenvalue weighted by Gasteiger charge is 2.24. The second-order valence-corrected chi connectivity index (χ2v) is 5.73. The molecule has 0 spiro atoms. The van der Waals surface area contributed by atoms with Crippen molar-refractivity contribution in [1.29, 1.82) is 0 Å².